The van der Waals surface area contributed by atoms with Gasteiger partial charge in [0.1, 0.15) is 5.82 Å². The molecule has 0 aliphatic heterocycles. The summed E-state index contributed by atoms with van der Waals surface area (Å²) in [6, 6.07) is 23.8. The van der Waals surface area contributed by atoms with Crippen LogP contribution in [0.3, 0.4) is 0 Å². The molecule has 0 heterocycles. The third-order valence-corrected chi connectivity index (χ3v) is 4.79. The molecular formula is C21H13ClFNS. The molecule has 3 aromatic carbocycles. The largest absolute Gasteiger partial charge is 0.206 e. The van der Waals surface area contributed by atoms with E-state index in [1.807, 2.05) is 48.5 Å². The van der Waals surface area contributed by atoms with E-state index >= 15 is 0 Å². The van der Waals surface area contributed by atoms with Gasteiger partial charge in [-0.15, -0.1) is 0 Å². The molecule has 4 heteroatoms. The molecule has 0 atom stereocenters. The number of rotatable bonds is 4. The summed E-state index contributed by atoms with van der Waals surface area (Å²) in [5.74, 6) is -0.398. The van der Waals surface area contributed by atoms with Gasteiger partial charge in [-0.25, -0.2) is 4.39 Å². The van der Waals surface area contributed by atoms with Crippen LogP contribution in [0.25, 0.3) is 11.6 Å². The molecule has 0 aliphatic rings. The van der Waals surface area contributed by atoms with Gasteiger partial charge in [-0.05, 0) is 54.1 Å². The molecule has 3 rings (SSSR count). The maximum atomic E-state index is 13.9. The fraction of sp³-hybridized carbons (Fsp3) is 0. The topological polar surface area (TPSA) is 23.8 Å². The van der Waals surface area contributed by atoms with E-state index in [1.165, 1.54) is 6.07 Å². The Labute approximate surface area is 155 Å². The molecule has 0 saturated heterocycles. The first kappa shape index (κ1) is 17.3. The molecule has 0 fully saturated rings. The van der Waals surface area contributed by atoms with Crippen molar-refractivity contribution in [3.8, 4) is 6.07 Å². The molecule has 0 bridgehead atoms. The second-order valence-electron chi connectivity index (χ2n) is 5.27. The van der Waals surface area contributed by atoms with Gasteiger partial charge in [-0.1, -0.05) is 53.7 Å². The Kier molecular flexibility index (Phi) is 5.55. The number of halogens is 2. The molecule has 0 aliphatic carbocycles. The average Bonchev–Trinajstić information content (AvgIpc) is 2.64. The summed E-state index contributed by atoms with van der Waals surface area (Å²) in [7, 11) is 0. The second-order valence-corrected chi connectivity index (χ2v) is 6.86. The fourth-order valence-electron chi connectivity index (χ4n) is 2.29. The molecule has 122 valence electrons. The normalized spacial score (nSPS) is 11.2. The van der Waals surface area contributed by atoms with Crippen LogP contribution in [0, 0.1) is 17.1 Å². The van der Waals surface area contributed by atoms with E-state index < -0.39 is 5.82 Å². The number of benzene rings is 3. The van der Waals surface area contributed by atoms with Crippen LogP contribution in [0.1, 0.15) is 11.1 Å². The molecule has 0 N–H and O–H groups in total. The Hall–Kier alpha value is -2.54. The maximum absolute atomic E-state index is 13.9. The summed E-state index contributed by atoms with van der Waals surface area (Å²) in [5.41, 5.74) is 1.46. The Bertz CT molecular complexity index is 941. The van der Waals surface area contributed by atoms with Crippen molar-refractivity contribution in [1.82, 2.24) is 0 Å². The highest BCUT2D eigenvalue weighted by Crippen LogP contribution is 2.29. The van der Waals surface area contributed by atoms with Gasteiger partial charge in [0.05, 0.1) is 11.6 Å². The molecule has 0 amide bonds. The van der Waals surface area contributed by atoms with Gasteiger partial charge in [0.2, 0.25) is 0 Å². The summed E-state index contributed by atoms with van der Waals surface area (Å²) < 4.78 is 13.9. The highest BCUT2D eigenvalue weighted by atomic mass is 35.5. The number of hydrogen-bond acceptors (Lipinski definition) is 2. The summed E-state index contributed by atoms with van der Waals surface area (Å²) in [5, 5.41) is 10.0. The zero-order valence-corrected chi connectivity index (χ0v) is 14.7. The third kappa shape index (κ3) is 4.51. The average molecular weight is 366 g/mol. The molecule has 0 spiro atoms. The molecule has 25 heavy (non-hydrogen) atoms. The first-order valence-electron chi connectivity index (χ1n) is 7.56. The maximum Gasteiger partial charge on any atom is 0.131 e. The van der Waals surface area contributed by atoms with Crippen LogP contribution in [0.5, 0.6) is 0 Å². The molecule has 1 nitrogen and oxygen atoms in total. The van der Waals surface area contributed by atoms with E-state index in [9.17, 15) is 9.65 Å². The Morgan fingerprint density at radius 3 is 2.12 bits per heavy atom. The van der Waals surface area contributed by atoms with Crippen molar-refractivity contribution in [3.63, 3.8) is 0 Å². The monoisotopic (exact) mass is 365 g/mol. The zero-order valence-electron chi connectivity index (χ0n) is 13.1. The predicted molar refractivity (Wildman–Crippen MR) is 102 cm³/mol. The standard InChI is InChI=1S/C21H13ClFNS/c22-17-7-11-19(12-8-17)25-18-9-5-15(6-10-18)13-16(14-24)20-3-1-2-4-21(20)23/h1-13H. The lowest BCUT2D eigenvalue weighted by atomic mass is 10.0. The van der Waals surface area contributed by atoms with Crippen molar-refractivity contribution in [2.24, 2.45) is 0 Å². The van der Waals surface area contributed by atoms with Crippen molar-refractivity contribution in [2.75, 3.05) is 0 Å². The minimum atomic E-state index is -0.398. The Balaban J connectivity index is 1.81. The third-order valence-electron chi connectivity index (χ3n) is 3.52. The summed E-state index contributed by atoms with van der Waals surface area (Å²) in [6.45, 7) is 0. The van der Waals surface area contributed by atoms with Crippen LogP contribution >= 0.6 is 23.4 Å². The van der Waals surface area contributed by atoms with Gasteiger partial charge in [0, 0.05) is 20.4 Å². The molecule has 3 aromatic rings. The van der Waals surface area contributed by atoms with Crippen LogP contribution in [0.2, 0.25) is 5.02 Å². The van der Waals surface area contributed by atoms with Crippen LogP contribution in [-0.4, -0.2) is 0 Å². The van der Waals surface area contributed by atoms with Gasteiger partial charge < -0.3 is 0 Å². The molecular weight excluding hydrogens is 353 g/mol. The summed E-state index contributed by atoms with van der Waals surface area (Å²) in [6.07, 6.45) is 1.69. The Morgan fingerprint density at radius 2 is 1.52 bits per heavy atom. The van der Waals surface area contributed by atoms with Gasteiger partial charge in [-0.2, -0.15) is 5.26 Å². The van der Waals surface area contributed by atoms with Crippen molar-refractivity contribution >= 4 is 35.0 Å². The predicted octanol–water partition coefficient (Wildman–Crippen LogP) is 6.69. The van der Waals surface area contributed by atoms with Crippen LogP contribution in [-0.2, 0) is 0 Å². The molecule has 0 aromatic heterocycles. The highest BCUT2D eigenvalue weighted by Gasteiger charge is 2.06. The number of allylic oxidation sites excluding steroid dienone is 1. The molecule has 0 radical (unpaired) electrons. The van der Waals surface area contributed by atoms with Crippen molar-refractivity contribution in [3.05, 3.63) is 94.8 Å². The van der Waals surface area contributed by atoms with E-state index in [1.54, 1.807) is 36.0 Å². The quantitative estimate of drug-likeness (QED) is 0.379. The fourth-order valence-corrected chi connectivity index (χ4v) is 3.23. The van der Waals surface area contributed by atoms with Gasteiger partial charge in [0.15, 0.2) is 0 Å². The molecule has 0 saturated carbocycles. The van der Waals surface area contributed by atoms with Crippen molar-refractivity contribution in [1.29, 1.82) is 5.26 Å². The van der Waals surface area contributed by atoms with E-state index in [4.69, 9.17) is 11.6 Å². The van der Waals surface area contributed by atoms with Gasteiger partial charge in [-0.3, -0.25) is 0 Å². The number of hydrogen-bond donors (Lipinski definition) is 0. The smallest absolute Gasteiger partial charge is 0.131 e. The van der Waals surface area contributed by atoms with E-state index in [2.05, 4.69) is 6.07 Å². The lowest BCUT2D eigenvalue weighted by Crippen LogP contribution is -1.87. The lowest BCUT2D eigenvalue weighted by molar-refractivity contribution is 0.624. The number of nitriles is 1. The Morgan fingerprint density at radius 1 is 0.920 bits per heavy atom. The lowest BCUT2D eigenvalue weighted by Gasteiger charge is -2.04. The van der Waals surface area contributed by atoms with Crippen molar-refractivity contribution in [2.45, 2.75) is 9.79 Å². The van der Waals surface area contributed by atoms with E-state index in [-0.39, 0.29) is 0 Å². The summed E-state index contributed by atoms with van der Waals surface area (Å²) in [4.78, 5) is 2.17. The minimum Gasteiger partial charge on any atom is -0.206 e. The van der Waals surface area contributed by atoms with Gasteiger partial charge >= 0.3 is 0 Å². The van der Waals surface area contributed by atoms with Gasteiger partial charge in [0.25, 0.3) is 0 Å². The van der Waals surface area contributed by atoms with Crippen LogP contribution in [0.15, 0.2) is 82.6 Å². The van der Waals surface area contributed by atoms with Crippen LogP contribution in [0.4, 0.5) is 4.39 Å². The first-order chi connectivity index (χ1) is 12.2. The van der Waals surface area contributed by atoms with E-state index in [0.717, 1.165) is 15.4 Å². The first-order valence-corrected chi connectivity index (χ1v) is 8.75. The van der Waals surface area contributed by atoms with Crippen LogP contribution < -0.4 is 0 Å². The SMILES string of the molecule is N#CC(=Cc1ccc(Sc2ccc(Cl)cc2)cc1)c1ccccc1F. The van der Waals surface area contributed by atoms with E-state index in [0.29, 0.717) is 16.2 Å². The second kappa shape index (κ2) is 8.02. The molecule has 0 unspecified atom stereocenters. The minimum absolute atomic E-state index is 0.302. The summed E-state index contributed by atoms with van der Waals surface area (Å²) >= 11 is 7.51. The number of nitrogens with zero attached hydrogens (tertiary/aromatic N) is 1. The highest BCUT2D eigenvalue weighted by molar-refractivity contribution is 7.99. The van der Waals surface area contributed by atoms with Crippen molar-refractivity contribution < 1.29 is 4.39 Å². The zero-order chi connectivity index (χ0) is 17.6.